The van der Waals surface area contributed by atoms with Crippen molar-refractivity contribution in [3.8, 4) is 5.75 Å². The molecule has 13 heavy (non-hydrogen) atoms. The number of hydrogen-bond donors (Lipinski definition) is 0. The van der Waals surface area contributed by atoms with E-state index in [0.717, 1.165) is 17.6 Å². The van der Waals surface area contributed by atoms with E-state index in [2.05, 4.69) is 0 Å². The molecule has 0 saturated carbocycles. The third kappa shape index (κ3) is 3.11. The fourth-order valence-corrected chi connectivity index (χ4v) is 0.877. The van der Waals surface area contributed by atoms with Crippen molar-refractivity contribution in [3.63, 3.8) is 0 Å². The molecule has 0 aliphatic rings. The van der Waals surface area contributed by atoms with Crippen LogP contribution in [0.25, 0.3) is 0 Å². The molecule has 0 amide bonds. The third-order valence-electron chi connectivity index (χ3n) is 1.56. The molecule has 0 aliphatic carbocycles. The summed E-state index contributed by atoms with van der Waals surface area (Å²) in [5.74, 6) is 0.751. The highest BCUT2D eigenvalue weighted by atomic mass is 16.5. The molecule has 0 aromatic heterocycles. The van der Waals surface area contributed by atoms with E-state index in [1.165, 1.54) is 6.26 Å². The van der Waals surface area contributed by atoms with Crippen LogP contribution in [-0.4, -0.2) is 6.29 Å². The van der Waals surface area contributed by atoms with Crippen molar-refractivity contribution in [1.82, 2.24) is 0 Å². The van der Waals surface area contributed by atoms with Crippen LogP contribution in [0, 0.1) is 6.92 Å². The van der Waals surface area contributed by atoms with Crippen molar-refractivity contribution < 1.29 is 9.53 Å². The standard InChI is InChI=1S/C11H12O2/c1-9-4-3-5-11(6-9)13-8-10(2)7-12/h3-8H,1-2H3/b10-8+. The summed E-state index contributed by atoms with van der Waals surface area (Å²) in [6.07, 6.45) is 2.21. The van der Waals surface area contributed by atoms with Crippen molar-refractivity contribution in [1.29, 1.82) is 0 Å². The third-order valence-corrected chi connectivity index (χ3v) is 1.56. The van der Waals surface area contributed by atoms with E-state index in [4.69, 9.17) is 4.74 Å². The minimum absolute atomic E-state index is 0.571. The van der Waals surface area contributed by atoms with Gasteiger partial charge in [-0.2, -0.15) is 0 Å². The Morgan fingerprint density at radius 1 is 1.46 bits per heavy atom. The molecule has 1 rings (SSSR count). The van der Waals surface area contributed by atoms with E-state index >= 15 is 0 Å². The van der Waals surface area contributed by atoms with E-state index in [1.54, 1.807) is 6.92 Å². The monoisotopic (exact) mass is 176 g/mol. The second-order valence-corrected chi connectivity index (χ2v) is 2.91. The number of benzene rings is 1. The van der Waals surface area contributed by atoms with Crippen LogP contribution in [0.3, 0.4) is 0 Å². The van der Waals surface area contributed by atoms with Crippen LogP contribution in [-0.2, 0) is 4.79 Å². The number of hydrogen-bond acceptors (Lipinski definition) is 2. The Morgan fingerprint density at radius 3 is 2.85 bits per heavy atom. The van der Waals surface area contributed by atoms with Gasteiger partial charge < -0.3 is 4.74 Å². The molecule has 0 N–H and O–H groups in total. The molecule has 0 heterocycles. The Kier molecular flexibility index (Phi) is 3.26. The van der Waals surface area contributed by atoms with Crippen LogP contribution < -0.4 is 4.74 Å². The fourth-order valence-electron chi connectivity index (χ4n) is 0.877. The van der Waals surface area contributed by atoms with Crippen LogP contribution in [0.4, 0.5) is 0 Å². The Bertz CT molecular complexity index is 327. The lowest BCUT2D eigenvalue weighted by Crippen LogP contribution is -1.86. The summed E-state index contributed by atoms with van der Waals surface area (Å²) in [4.78, 5) is 10.2. The first-order valence-corrected chi connectivity index (χ1v) is 4.07. The summed E-state index contributed by atoms with van der Waals surface area (Å²) in [6.45, 7) is 3.69. The summed E-state index contributed by atoms with van der Waals surface area (Å²) < 4.78 is 5.25. The molecular formula is C11H12O2. The first kappa shape index (κ1) is 9.52. The fraction of sp³-hybridized carbons (Fsp3) is 0.182. The molecule has 1 aromatic carbocycles. The predicted molar refractivity (Wildman–Crippen MR) is 51.6 cm³/mol. The van der Waals surface area contributed by atoms with Crippen LogP contribution >= 0.6 is 0 Å². The molecule has 0 bridgehead atoms. The van der Waals surface area contributed by atoms with E-state index in [0.29, 0.717) is 5.57 Å². The summed E-state index contributed by atoms with van der Waals surface area (Å²) in [5.41, 5.74) is 1.70. The first-order chi connectivity index (χ1) is 6.22. The van der Waals surface area contributed by atoms with E-state index in [1.807, 2.05) is 31.2 Å². The lowest BCUT2D eigenvalue weighted by atomic mass is 10.2. The van der Waals surface area contributed by atoms with Crippen LogP contribution in [0.2, 0.25) is 0 Å². The molecule has 0 unspecified atom stereocenters. The second kappa shape index (κ2) is 4.45. The molecular weight excluding hydrogens is 164 g/mol. The largest absolute Gasteiger partial charge is 0.465 e. The number of carbonyl (C=O) groups excluding carboxylic acids is 1. The van der Waals surface area contributed by atoms with Gasteiger partial charge in [-0.3, -0.25) is 4.79 Å². The first-order valence-electron chi connectivity index (χ1n) is 4.07. The van der Waals surface area contributed by atoms with E-state index in [9.17, 15) is 4.79 Å². The maximum atomic E-state index is 10.2. The molecule has 0 spiro atoms. The molecule has 0 fully saturated rings. The van der Waals surface area contributed by atoms with Crippen LogP contribution in [0.5, 0.6) is 5.75 Å². The molecule has 0 aliphatic heterocycles. The maximum absolute atomic E-state index is 10.2. The summed E-state index contributed by atoms with van der Waals surface area (Å²) in [5, 5.41) is 0. The van der Waals surface area contributed by atoms with Crippen LogP contribution in [0.15, 0.2) is 36.1 Å². The highest BCUT2D eigenvalue weighted by molar-refractivity contribution is 5.71. The quantitative estimate of drug-likeness (QED) is 0.402. The van der Waals surface area contributed by atoms with Crippen molar-refractivity contribution in [3.05, 3.63) is 41.7 Å². The summed E-state index contributed by atoms with van der Waals surface area (Å²) >= 11 is 0. The van der Waals surface area contributed by atoms with Crippen molar-refractivity contribution >= 4 is 6.29 Å². The number of aldehydes is 1. The Morgan fingerprint density at radius 2 is 2.23 bits per heavy atom. The van der Waals surface area contributed by atoms with Crippen molar-refractivity contribution in [2.45, 2.75) is 13.8 Å². The van der Waals surface area contributed by atoms with Gasteiger partial charge in [-0.1, -0.05) is 12.1 Å². The molecule has 0 atom stereocenters. The molecule has 0 radical (unpaired) electrons. The molecule has 1 aromatic rings. The molecule has 68 valence electrons. The number of allylic oxidation sites excluding steroid dienone is 1. The number of rotatable bonds is 3. The average Bonchev–Trinajstić information content (AvgIpc) is 2.14. The predicted octanol–water partition coefficient (Wildman–Crippen LogP) is 2.48. The zero-order valence-corrected chi connectivity index (χ0v) is 7.78. The highest BCUT2D eigenvalue weighted by Crippen LogP contribution is 2.12. The Labute approximate surface area is 77.8 Å². The smallest absolute Gasteiger partial charge is 0.148 e. The van der Waals surface area contributed by atoms with Gasteiger partial charge >= 0.3 is 0 Å². The van der Waals surface area contributed by atoms with Gasteiger partial charge in [-0.25, -0.2) is 0 Å². The van der Waals surface area contributed by atoms with Gasteiger partial charge in [-0.05, 0) is 31.5 Å². The second-order valence-electron chi connectivity index (χ2n) is 2.91. The lowest BCUT2D eigenvalue weighted by Gasteiger charge is -2.00. The van der Waals surface area contributed by atoms with Gasteiger partial charge in [0.1, 0.15) is 12.0 Å². The lowest BCUT2D eigenvalue weighted by molar-refractivity contribution is -0.104. The molecule has 2 heteroatoms. The summed E-state index contributed by atoms with van der Waals surface area (Å²) in [6, 6.07) is 7.66. The van der Waals surface area contributed by atoms with Gasteiger partial charge in [0, 0.05) is 5.57 Å². The highest BCUT2D eigenvalue weighted by Gasteiger charge is 1.91. The van der Waals surface area contributed by atoms with Gasteiger partial charge in [0.25, 0.3) is 0 Å². The topological polar surface area (TPSA) is 26.3 Å². The average molecular weight is 176 g/mol. The molecule has 2 nitrogen and oxygen atoms in total. The summed E-state index contributed by atoms with van der Waals surface area (Å²) in [7, 11) is 0. The minimum atomic E-state index is 0.571. The zero-order chi connectivity index (χ0) is 9.68. The van der Waals surface area contributed by atoms with Gasteiger partial charge in [-0.15, -0.1) is 0 Å². The van der Waals surface area contributed by atoms with Crippen LogP contribution in [0.1, 0.15) is 12.5 Å². The normalized spacial score (nSPS) is 11.1. The maximum Gasteiger partial charge on any atom is 0.148 e. The minimum Gasteiger partial charge on any atom is -0.465 e. The Hall–Kier alpha value is -1.57. The zero-order valence-electron chi connectivity index (χ0n) is 7.78. The SMILES string of the molecule is C/C(C=O)=C\Oc1cccc(C)c1. The van der Waals surface area contributed by atoms with Gasteiger partial charge in [0.15, 0.2) is 0 Å². The number of ether oxygens (including phenoxy) is 1. The van der Waals surface area contributed by atoms with E-state index in [-0.39, 0.29) is 0 Å². The van der Waals surface area contributed by atoms with Crippen molar-refractivity contribution in [2.24, 2.45) is 0 Å². The number of carbonyl (C=O) groups is 1. The molecule has 0 saturated heterocycles. The van der Waals surface area contributed by atoms with E-state index < -0.39 is 0 Å². The Balaban J connectivity index is 2.70. The van der Waals surface area contributed by atoms with Gasteiger partial charge in [0.05, 0.1) is 6.26 Å². The van der Waals surface area contributed by atoms with Crippen molar-refractivity contribution in [2.75, 3.05) is 0 Å². The number of aryl methyl sites for hydroxylation is 1. The van der Waals surface area contributed by atoms with Gasteiger partial charge in [0.2, 0.25) is 0 Å².